The maximum absolute atomic E-state index is 12.8. The SMILES string of the molecule is CCCN(C(=O)c1cc(C)c(CC)s1)C1CCS(=O)(=O)C1. The zero-order chi connectivity index (χ0) is 15.6. The van der Waals surface area contributed by atoms with E-state index in [0.717, 1.165) is 23.3 Å². The van der Waals surface area contributed by atoms with Crippen LogP contribution in [0.4, 0.5) is 0 Å². The number of carbonyl (C=O) groups excluding carboxylic acids is 1. The number of hydrogen-bond donors (Lipinski definition) is 0. The molecule has 118 valence electrons. The van der Waals surface area contributed by atoms with E-state index in [9.17, 15) is 13.2 Å². The number of aryl methyl sites for hydroxylation is 2. The fourth-order valence-electron chi connectivity index (χ4n) is 2.83. The molecule has 2 heterocycles. The Balaban J connectivity index is 2.23. The third kappa shape index (κ3) is 3.66. The highest BCUT2D eigenvalue weighted by molar-refractivity contribution is 7.91. The minimum Gasteiger partial charge on any atom is -0.334 e. The van der Waals surface area contributed by atoms with E-state index in [1.165, 1.54) is 16.2 Å². The van der Waals surface area contributed by atoms with Crippen molar-refractivity contribution in [1.82, 2.24) is 4.90 Å². The highest BCUT2D eigenvalue weighted by atomic mass is 32.2. The fourth-order valence-corrected chi connectivity index (χ4v) is 5.63. The monoisotopic (exact) mass is 329 g/mol. The normalized spacial score (nSPS) is 20.6. The Morgan fingerprint density at radius 1 is 1.43 bits per heavy atom. The van der Waals surface area contributed by atoms with Gasteiger partial charge >= 0.3 is 0 Å². The van der Waals surface area contributed by atoms with Crippen molar-refractivity contribution in [1.29, 1.82) is 0 Å². The molecule has 0 aromatic carbocycles. The highest BCUT2D eigenvalue weighted by Crippen LogP contribution is 2.26. The summed E-state index contributed by atoms with van der Waals surface area (Å²) < 4.78 is 23.4. The third-order valence-electron chi connectivity index (χ3n) is 3.93. The van der Waals surface area contributed by atoms with Gasteiger partial charge in [0, 0.05) is 17.5 Å². The molecule has 0 N–H and O–H groups in total. The van der Waals surface area contributed by atoms with Crippen LogP contribution in [0.2, 0.25) is 0 Å². The molecule has 1 saturated heterocycles. The van der Waals surface area contributed by atoms with Gasteiger partial charge in [-0.15, -0.1) is 11.3 Å². The maximum Gasteiger partial charge on any atom is 0.264 e. The lowest BCUT2D eigenvalue weighted by Gasteiger charge is -2.27. The van der Waals surface area contributed by atoms with Gasteiger partial charge in [0.1, 0.15) is 0 Å². The number of sulfone groups is 1. The lowest BCUT2D eigenvalue weighted by molar-refractivity contribution is 0.0702. The van der Waals surface area contributed by atoms with Crippen LogP contribution < -0.4 is 0 Å². The molecule has 4 nitrogen and oxygen atoms in total. The van der Waals surface area contributed by atoms with Crippen molar-refractivity contribution in [3.8, 4) is 0 Å². The van der Waals surface area contributed by atoms with Gasteiger partial charge in [0.15, 0.2) is 9.84 Å². The summed E-state index contributed by atoms with van der Waals surface area (Å²) in [5, 5.41) is 0. The van der Waals surface area contributed by atoms with E-state index in [1.807, 2.05) is 19.9 Å². The lowest BCUT2D eigenvalue weighted by atomic mass is 10.2. The van der Waals surface area contributed by atoms with Crippen LogP contribution in [-0.4, -0.2) is 43.3 Å². The van der Waals surface area contributed by atoms with Gasteiger partial charge in [-0.05, 0) is 37.8 Å². The first-order valence-electron chi connectivity index (χ1n) is 7.48. The summed E-state index contributed by atoms with van der Waals surface area (Å²) in [4.78, 5) is 16.5. The fraction of sp³-hybridized carbons (Fsp3) is 0.667. The molecule has 1 amide bonds. The summed E-state index contributed by atoms with van der Waals surface area (Å²) in [6, 6.07) is 1.78. The lowest BCUT2D eigenvalue weighted by Crippen LogP contribution is -2.41. The van der Waals surface area contributed by atoms with Gasteiger partial charge in [-0.25, -0.2) is 8.42 Å². The average molecular weight is 329 g/mol. The van der Waals surface area contributed by atoms with Crippen molar-refractivity contribution in [3.63, 3.8) is 0 Å². The Labute approximate surface area is 131 Å². The van der Waals surface area contributed by atoms with Crippen molar-refractivity contribution in [2.24, 2.45) is 0 Å². The first-order valence-corrected chi connectivity index (χ1v) is 10.1. The first-order chi connectivity index (χ1) is 9.88. The molecule has 0 bridgehead atoms. The van der Waals surface area contributed by atoms with Crippen LogP contribution in [0.5, 0.6) is 0 Å². The molecule has 1 aliphatic rings. The second-order valence-electron chi connectivity index (χ2n) is 5.63. The van der Waals surface area contributed by atoms with Crippen LogP contribution in [0, 0.1) is 6.92 Å². The Morgan fingerprint density at radius 3 is 2.62 bits per heavy atom. The molecule has 0 radical (unpaired) electrons. The minimum atomic E-state index is -2.97. The molecule has 1 unspecified atom stereocenters. The predicted octanol–water partition coefficient (Wildman–Crippen LogP) is 2.66. The van der Waals surface area contributed by atoms with Gasteiger partial charge in [-0.1, -0.05) is 13.8 Å². The molecule has 1 atom stereocenters. The molecular formula is C15H23NO3S2. The second-order valence-corrected chi connectivity index (χ2v) is 8.99. The Morgan fingerprint density at radius 2 is 2.14 bits per heavy atom. The summed E-state index contributed by atoms with van der Waals surface area (Å²) in [6.07, 6.45) is 2.34. The van der Waals surface area contributed by atoms with E-state index >= 15 is 0 Å². The molecule has 1 aliphatic heterocycles. The second kappa shape index (κ2) is 6.48. The maximum atomic E-state index is 12.8. The average Bonchev–Trinajstić information content (AvgIpc) is 2.97. The van der Waals surface area contributed by atoms with Gasteiger partial charge < -0.3 is 4.90 Å². The van der Waals surface area contributed by atoms with Crippen LogP contribution in [0.15, 0.2) is 6.07 Å². The molecule has 1 aromatic heterocycles. The number of rotatable bonds is 5. The van der Waals surface area contributed by atoms with Crippen LogP contribution in [0.3, 0.4) is 0 Å². The van der Waals surface area contributed by atoms with Crippen molar-refractivity contribution in [2.45, 2.75) is 46.1 Å². The van der Waals surface area contributed by atoms with Crippen molar-refractivity contribution < 1.29 is 13.2 Å². The summed E-state index contributed by atoms with van der Waals surface area (Å²) in [6.45, 7) is 6.75. The molecule has 1 fully saturated rings. The number of carbonyl (C=O) groups is 1. The third-order valence-corrected chi connectivity index (χ3v) is 7.05. The number of hydrogen-bond acceptors (Lipinski definition) is 4. The molecule has 0 aliphatic carbocycles. The summed E-state index contributed by atoms with van der Waals surface area (Å²) in [7, 11) is -2.97. The van der Waals surface area contributed by atoms with Crippen LogP contribution in [-0.2, 0) is 16.3 Å². The molecular weight excluding hydrogens is 306 g/mol. The van der Waals surface area contributed by atoms with Gasteiger partial charge in [-0.2, -0.15) is 0 Å². The van der Waals surface area contributed by atoms with Gasteiger partial charge in [0.25, 0.3) is 5.91 Å². The van der Waals surface area contributed by atoms with Crippen molar-refractivity contribution in [2.75, 3.05) is 18.1 Å². The zero-order valence-corrected chi connectivity index (χ0v) is 14.5. The predicted molar refractivity (Wildman–Crippen MR) is 86.8 cm³/mol. The van der Waals surface area contributed by atoms with Crippen molar-refractivity contribution in [3.05, 3.63) is 21.4 Å². The minimum absolute atomic E-state index is 0.00764. The topological polar surface area (TPSA) is 54.5 Å². The molecule has 0 saturated carbocycles. The van der Waals surface area contributed by atoms with Gasteiger partial charge in [0.05, 0.1) is 16.4 Å². The number of thiophene rings is 1. The largest absolute Gasteiger partial charge is 0.334 e. The Bertz CT molecular complexity index is 619. The molecule has 6 heteroatoms. The van der Waals surface area contributed by atoms with Crippen LogP contribution >= 0.6 is 11.3 Å². The number of amides is 1. The molecule has 21 heavy (non-hydrogen) atoms. The molecule has 0 spiro atoms. The van der Waals surface area contributed by atoms with E-state index in [0.29, 0.717) is 13.0 Å². The molecule has 1 aromatic rings. The molecule has 2 rings (SSSR count). The quantitative estimate of drug-likeness (QED) is 0.834. The Kier molecular flexibility index (Phi) is 5.09. The van der Waals surface area contributed by atoms with Gasteiger partial charge in [-0.3, -0.25) is 4.79 Å². The highest BCUT2D eigenvalue weighted by Gasteiger charge is 2.35. The zero-order valence-electron chi connectivity index (χ0n) is 12.9. The van der Waals surface area contributed by atoms with Gasteiger partial charge in [0.2, 0.25) is 0 Å². The summed E-state index contributed by atoms with van der Waals surface area (Å²) in [5.41, 5.74) is 1.15. The van der Waals surface area contributed by atoms with Crippen molar-refractivity contribution >= 4 is 27.1 Å². The van der Waals surface area contributed by atoms with E-state index in [-0.39, 0.29) is 23.5 Å². The van der Waals surface area contributed by atoms with Crippen LogP contribution in [0.1, 0.15) is 46.8 Å². The van der Waals surface area contributed by atoms with E-state index in [1.54, 1.807) is 4.90 Å². The first kappa shape index (κ1) is 16.5. The van der Waals surface area contributed by atoms with Crippen LogP contribution in [0.25, 0.3) is 0 Å². The summed E-state index contributed by atoms with van der Waals surface area (Å²) in [5.74, 6) is 0.310. The number of nitrogens with zero attached hydrogens (tertiary/aromatic N) is 1. The van der Waals surface area contributed by atoms with E-state index in [4.69, 9.17) is 0 Å². The standard InChI is InChI=1S/C15H23NO3S2/c1-4-7-16(12-6-8-21(18,19)10-12)15(17)14-9-11(3)13(5-2)20-14/h9,12H,4-8,10H2,1-3H3. The van der Waals surface area contributed by atoms with E-state index in [2.05, 4.69) is 6.92 Å². The Hall–Kier alpha value is -0.880. The summed E-state index contributed by atoms with van der Waals surface area (Å²) >= 11 is 1.54. The smallest absolute Gasteiger partial charge is 0.264 e. The van der Waals surface area contributed by atoms with E-state index < -0.39 is 9.84 Å².